The maximum Gasteiger partial charge on any atom is 0.325 e. The Labute approximate surface area is 192 Å². The smallest absolute Gasteiger partial charge is 0.325 e. The number of para-hydroxylation sites is 1. The number of urea groups is 1. The first-order chi connectivity index (χ1) is 15.6. The molecule has 2 amide bonds. The Morgan fingerprint density at radius 1 is 1.09 bits per heavy atom. The minimum absolute atomic E-state index is 0.0423. The highest BCUT2D eigenvalue weighted by Crippen LogP contribution is 2.40. The SMILES string of the molecule is COc1ccc([C@H]2c3[nH]c4ccc(Cl)cc4c3CCN2C(=O)N(C)c2ccccc2)cc1. The van der Waals surface area contributed by atoms with Gasteiger partial charge in [-0.3, -0.25) is 4.90 Å². The first kappa shape index (κ1) is 20.5. The molecule has 4 aromatic rings. The summed E-state index contributed by atoms with van der Waals surface area (Å²) < 4.78 is 5.35. The summed E-state index contributed by atoms with van der Waals surface area (Å²) in [5, 5.41) is 1.83. The van der Waals surface area contributed by atoms with Crippen LogP contribution < -0.4 is 9.64 Å². The lowest BCUT2D eigenvalue weighted by Crippen LogP contribution is -2.46. The molecule has 0 radical (unpaired) electrons. The number of carbonyl (C=O) groups is 1. The molecule has 0 fully saturated rings. The summed E-state index contributed by atoms with van der Waals surface area (Å²) in [6, 6.07) is 23.3. The highest BCUT2D eigenvalue weighted by Gasteiger charge is 2.36. The summed E-state index contributed by atoms with van der Waals surface area (Å²) in [6.45, 7) is 0.610. The fourth-order valence-electron chi connectivity index (χ4n) is 4.55. The second-order valence-electron chi connectivity index (χ2n) is 8.00. The van der Waals surface area contributed by atoms with Crippen molar-refractivity contribution in [3.05, 3.63) is 94.6 Å². The molecule has 162 valence electrons. The van der Waals surface area contributed by atoms with Crippen LogP contribution in [0.4, 0.5) is 10.5 Å². The normalized spacial score (nSPS) is 15.5. The topological polar surface area (TPSA) is 48.6 Å². The van der Waals surface area contributed by atoms with Crippen LogP contribution in [0.1, 0.15) is 22.9 Å². The van der Waals surface area contributed by atoms with Crippen LogP contribution >= 0.6 is 11.6 Å². The third-order valence-electron chi connectivity index (χ3n) is 6.20. The van der Waals surface area contributed by atoms with E-state index in [1.807, 2.05) is 84.7 Å². The zero-order valence-electron chi connectivity index (χ0n) is 18.0. The molecule has 0 bridgehead atoms. The number of aromatic nitrogens is 1. The number of methoxy groups -OCH3 is 1. The summed E-state index contributed by atoms with van der Waals surface area (Å²) in [5.41, 5.74) is 5.17. The first-order valence-electron chi connectivity index (χ1n) is 10.6. The predicted octanol–water partition coefficient (Wildman–Crippen LogP) is 6.03. The number of carbonyl (C=O) groups excluding carboxylic acids is 1. The number of benzene rings is 3. The summed E-state index contributed by atoms with van der Waals surface area (Å²) in [4.78, 5) is 20.9. The number of halogens is 1. The largest absolute Gasteiger partial charge is 0.497 e. The maximum atomic E-state index is 13.7. The second kappa shape index (κ2) is 8.24. The van der Waals surface area contributed by atoms with Crippen LogP contribution in [0.5, 0.6) is 5.75 Å². The number of hydrogen-bond acceptors (Lipinski definition) is 2. The highest BCUT2D eigenvalue weighted by atomic mass is 35.5. The number of amides is 2. The van der Waals surface area contributed by atoms with Crippen molar-refractivity contribution in [2.24, 2.45) is 0 Å². The highest BCUT2D eigenvalue weighted by molar-refractivity contribution is 6.31. The van der Waals surface area contributed by atoms with Gasteiger partial charge in [0.25, 0.3) is 0 Å². The number of ether oxygens (including phenoxy) is 1. The van der Waals surface area contributed by atoms with E-state index in [0.717, 1.165) is 40.0 Å². The van der Waals surface area contributed by atoms with Gasteiger partial charge in [-0.05, 0) is 60.0 Å². The third-order valence-corrected chi connectivity index (χ3v) is 6.43. The summed E-state index contributed by atoms with van der Waals surface area (Å²) in [5.74, 6) is 0.785. The zero-order chi connectivity index (χ0) is 22.2. The number of H-pyrrole nitrogens is 1. The number of rotatable bonds is 3. The second-order valence-corrected chi connectivity index (χ2v) is 8.44. The van der Waals surface area contributed by atoms with Gasteiger partial charge in [0.05, 0.1) is 13.2 Å². The van der Waals surface area contributed by atoms with Crippen molar-refractivity contribution in [2.45, 2.75) is 12.5 Å². The van der Waals surface area contributed by atoms with E-state index in [9.17, 15) is 4.79 Å². The molecule has 1 N–H and O–H groups in total. The molecule has 3 aromatic carbocycles. The van der Waals surface area contributed by atoms with Crippen LogP contribution in [0.3, 0.4) is 0 Å². The summed E-state index contributed by atoms with van der Waals surface area (Å²) in [6.07, 6.45) is 0.761. The van der Waals surface area contributed by atoms with E-state index in [4.69, 9.17) is 16.3 Å². The van der Waals surface area contributed by atoms with Gasteiger partial charge in [-0.15, -0.1) is 0 Å². The van der Waals surface area contributed by atoms with Crippen LogP contribution in [0.15, 0.2) is 72.8 Å². The quantitative estimate of drug-likeness (QED) is 0.418. The van der Waals surface area contributed by atoms with Crippen LogP contribution in [0.25, 0.3) is 10.9 Å². The van der Waals surface area contributed by atoms with Gasteiger partial charge in [0.2, 0.25) is 0 Å². The number of anilines is 1. The molecule has 0 saturated carbocycles. The molecule has 1 aromatic heterocycles. The van der Waals surface area contributed by atoms with Crippen molar-refractivity contribution in [3.63, 3.8) is 0 Å². The summed E-state index contributed by atoms with van der Waals surface area (Å²) in [7, 11) is 3.48. The van der Waals surface area contributed by atoms with Crippen molar-refractivity contribution in [1.82, 2.24) is 9.88 Å². The predicted molar refractivity (Wildman–Crippen MR) is 129 cm³/mol. The zero-order valence-corrected chi connectivity index (χ0v) is 18.8. The molecular formula is C26H24ClN3O2. The van der Waals surface area contributed by atoms with Crippen molar-refractivity contribution < 1.29 is 9.53 Å². The molecular weight excluding hydrogens is 422 g/mol. The Hall–Kier alpha value is -3.44. The molecule has 0 spiro atoms. The average molecular weight is 446 g/mol. The van der Waals surface area contributed by atoms with Crippen molar-refractivity contribution >= 4 is 34.2 Å². The number of nitrogens with one attached hydrogen (secondary N) is 1. The van der Waals surface area contributed by atoms with Gasteiger partial charge in [-0.1, -0.05) is 41.9 Å². The molecule has 2 heterocycles. The fourth-order valence-corrected chi connectivity index (χ4v) is 4.73. The molecule has 5 nitrogen and oxygen atoms in total. The van der Waals surface area contributed by atoms with Gasteiger partial charge >= 0.3 is 6.03 Å². The Morgan fingerprint density at radius 2 is 1.84 bits per heavy atom. The number of nitrogens with zero attached hydrogens (tertiary/aromatic N) is 2. The van der Waals surface area contributed by atoms with Crippen LogP contribution in [0, 0.1) is 0 Å². The summed E-state index contributed by atoms with van der Waals surface area (Å²) >= 11 is 6.29. The Bertz CT molecular complexity index is 1270. The van der Waals surface area contributed by atoms with E-state index in [1.165, 1.54) is 5.56 Å². The Balaban J connectivity index is 1.62. The first-order valence-corrected chi connectivity index (χ1v) is 11.0. The molecule has 5 rings (SSSR count). The van der Waals surface area contributed by atoms with Gasteiger partial charge in [-0.25, -0.2) is 4.79 Å². The lowest BCUT2D eigenvalue weighted by Gasteiger charge is -2.38. The number of aromatic amines is 1. The Morgan fingerprint density at radius 3 is 2.56 bits per heavy atom. The van der Waals surface area contributed by atoms with E-state index in [1.54, 1.807) is 12.0 Å². The number of fused-ring (bicyclic) bond motifs is 3. The van der Waals surface area contributed by atoms with E-state index < -0.39 is 0 Å². The van der Waals surface area contributed by atoms with Crippen molar-refractivity contribution in [3.8, 4) is 5.75 Å². The van der Waals surface area contributed by atoms with Crippen LogP contribution in [0.2, 0.25) is 5.02 Å². The molecule has 6 heteroatoms. The van der Waals surface area contributed by atoms with Gasteiger partial charge in [0, 0.05) is 40.9 Å². The van der Waals surface area contributed by atoms with Crippen molar-refractivity contribution in [1.29, 1.82) is 0 Å². The van der Waals surface area contributed by atoms with Gasteiger partial charge < -0.3 is 14.6 Å². The van der Waals surface area contributed by atoms with Crippen LogP contribution in [-0.2, 0) is 6.42 Å². The molecule has 1 aliphatic heterocycles. The van der Waals surface area contributed by atoms with Gasteiger partial charge in [0.1, 0.15) is 5.75 Å². The molecule has 0 aliphatic carbocycles. The maximum absolute atomic E-state index is 13.7. The average Bonchev–Trinajstić information content (AvgIpc) is 3.21. The van der Waals surface area contributed by atoms with E-state index >= 15 is 0 Å². The lowest BCUT2D eigenvalue weighted by atomic mass is 9.92. The monoisotopic (exact) mass is 445 g/mol. The third kappa shape index (κ3) is 3.49. The Kier molecular flexibility index (Phi) is 5.27. The lowest BCUT2D eigenvalue weighted by molar-refractivity contribution is 0.187. The van der Waals surface area contributed by atoms with E-state index in [2.05, 4.69) is 4.98 Å². The molecule has 0 saturated heterocycles. The molecule has 1 atom stereocenters. The molecule has 0 unspecified atom stereocenters. The standard InChI is InChI=1S/C26H24ClN3O2/c1-29(19-6-4-3-5-7-19)26(31)30-15-14-21-22-16-18(27)10-13-23(22)28-24(21)25(30)17-8-11-20(32-2)12-9-17/h3-13,16,25,28H,14-15H2,1-2H3/t25-/m0/s1. The number of hydrogen-bond donors (Lipinski definition) is 1. The van der Waals surface area contributed by atoms with Gasteiger partial charge in [-0.2, -0.15) is 0 Å². The van der Waals surface area contributed by atoms with Crippen molar-refractivity contribution in [2.75, 3.05) is 25.6 Å². The van der Waals surface area contributed by atoms with Crippen LogP contribution in [-0.4, -0.2) is 36.6 Å². The van der Waals surface area contributed by atoms with Gasteiger partial charge in [0.15, 0.2) is 0 Å². The molecule has 1 aliphatic rings. The molecule has 32 heavy (non-hydrogen) atoms. The van der Waals surface area contributed by atoms with E-state index in [-0.39, 0.29) is 12.1 Å². The fraction of sp³-hybridized carbons (Fsp3) is 0.192. The van der Waals surface area contributed by atoms with E-state index in [0.29, 0.717) is 11.6 Å². The minimum Gasteiger partial charge on any atom is -0.497 e. The minimum atomic E-state index is -0.241.